The van der Waals surface area contributed by atoms with Crippen LogP contribution in [0.15, 0.2) is 42.5 Å². The Balaban J connectivity index is 1.76. The Hall–Kier alpha value is -2.64. The molecule has 3 N–H and O–H groups in total. The molecule has 0 radical (unpaired) electrons. The van der Waals surface area contributed by atoms with Crippen molar-refractivity contribution in [2.75, 3.05) is 18.0 Å². The van der Waals surface area contributed by atoms with Crippen LogP contribution in [0.5, 0.6) is 0 Å². The zero-order valence-corrected chi connectivity index (χ0v) is 15.3. The van der Waals surface area contributed by atoms with Crippen molar-refractivity contribution < 1.29 is 14.8 Å². The van der Waals surface area contributed by atoms with E-state index in [0.29, 0.717) is 36.6 Å². The third kappa shape index (κ3) is 4.04. The zero-order chi connectivity index (χ0) is 19.6. The summed E-state index contributed by atoms with van der Waals surface area (Å²) < 4.78 is 0. The molecule has 0 saturated carbocycles. The zero-order valence-electron chi connectivity index (χ0n) is 14.5. The Morgan fingerprint density at radius 1 is 1.22 bits per heavy atom. The maximum absolute atomic E-state index is 11.5. The van der Waals surface area contributed by atoms with Crippen molar-refractivity contribution in [3.63, 3.8) is 0 Å². The van der Waals surface area contributed by atoms with E-state index in [9.17, 15) is 20.0 Å². The number of carbonyl (C=O) groups excluding carboxylic acids is 1. The SMILES string of the molecule is NC(=O)c1cccc(N2CCC(C(O)c3ccc(Cl)cc3)CC2)c1[N+](=O)[O-]. The van der Waals surface area contributed by atoms with E-state index in [1.165, 1.54) is 6.07 Å². The third-order valence-electron chi connectivity index (χ3n) is 5.00. The standard InChI is InChI=1S/C19H20ClN3O4/c20-14-6-4-12(5-7-14)18(24)13-8-10-22(11-9-13)16-3-1-2-15(19(21)25)17(16)23(26)27/h1-7,13,18,24H,8-11H2,(H2,21,25). The minimum Gasteiger partial charge on any atom is -0.388 e. The number of nitro benzene ring substituents is 1. The van der Waals surface area contributed by atoms with Gasteiger partial charge in [0.1, 0.15) is 11.3 Å². The Bertz CT molecular complexity index is 849. The minimum absolute atomic E-state index is 0.0424. The monoisotopic (exact) mass is 389 g/mol. The van der Waals surface area contributed by atoms with Gasteiger partial charge in [-0.2, -0.15) is 0 Å². The Labute approximate surface area is 161 Å². The van der Waals surface area contributed by atoms with E-state index in [2.05, 4.69) is 0 Å². The lowest BCUT2D eigenvalue weighted by molar-refractivity contribution is -0.384. The molecular weight excluding hydrogens is 370 g/mol. The molecule has 2 aromatic carbocycles. The molecule has 1 aliphatic heterocycles. The van der Waals surface area contributed by atoms with Crippen LogP contribution in [0.4, 0.5) is 11.4 Å². The number of hydrogen-bond acceptors (Lipinski definition) is 5. The lowest BCUT2D eigenvalue weighted by Crippen LogP contribution is -2.36. The molecule has 1 atom stereocenters. The summed E-state index contributed by atoms with van der Waals surface area (Å²) in [5, 5.41) is 22.7. The molecule has 1 unspecified atom stereocenters. The average molecular weight is 390 g/mol. The van der Waals surface area contributed by atoms with Gasteiger partial charge in [0.05, 0.1) is 11.0 Å². The fraction of sp³-hybridized carbons (Fsp3) is 0.316. The number of aliphatic hydroxyl groups is 1. The summed E-state index contributed by atoms with van der Waals surface area (Å²) in [5.41, 5.74) is 6.11. The summed E-state index contributed by atoms with van der Waals surface area (Å²) >= 11 is 5.89. The van der Waals surface area contributed by atoms with Gasteiger partial charge in [-0.05, 0) is 48.6 Å². The molecule has 1 aliphatic rings. The molecule has 142 valence electrons. The number of anilines is 1. The molecule has 27 heavy (non-hydrogen) atoms. The predicted molar refractivity (Wildman–Crippen MR) is 103 cm³/mol. The molecule has 1 saturated heterocycles. The van der Waals surface area contributed by atoms with Crippen LogP contribution in [0.1, 0.15) is 34.9 Å². The van der Waals surface area contributed by atoms with Crippen LogP contribution >= 0.6 is 11.6 Å². The number of rotatable bonds is 5. The maximum Gasteiger partial charge on any atom is 0.305 e. The molecule has 7 nitrogen and oxygen atoms in total. The van der Waals surface area contributed by atoms with E-state index in [1.807, 2.05) is 4.90 Å². The van der Waals surface area contributed by atoms with Gasteiger partial charge >= 0.3 is 5.69 Å². The molecule has 0 bridgehead atoms. The van der Waals surface area contributed by atoms with Crippen LogP contribution in [0, 0.1) is 16.0 Å². The summed E-state index contributed by atoms with van der Waals surface area (Å²) in [6, 6.07) is 11.7. The second kappa shape index (κ2) is 7.94. The first-order valence-electron chi connectivity index (χ1n) is 8.64. The topological polar surface area (TPSA) is 110 Å². The van der Waals surface area contributed by atoms with Crippen molar-refractivity contribution in [2.45, 2.75) is 18.9 Å². The lowest BCUT2D eigenvalue weighted by Gasteiger charge is -2.35. The Morgan fingerprint density at radius 3 is 2.41 bits per heavy atom. The van der Waals surface area contributed by atoms with Crippen molar-refractivity contribution in [1.82, 2.24) is 0 Å². The van der Waals surface area contributed by atoms with Gasteiger partial charge < -0.3 is 15.7 Å². The number of para-hydroxylation sites is 1. The Kier molecular flexibility index (Phi) is 5.62. The van der Waals surface area contributed by atoms with Gasteiger partial charge in [0.15, 0.2) is 0 Å². The van der Waals surface area contributed by atoms with Crippen LogP contribution < -0.4 is 10.6 Å². The number of benzene rings is 2. The van der Waals surface area contributed by atoms with Crippen molar-refractivity contribution >= 4 is 28.9 Å². The largest absolute Gasteiger partial charge is 0.388 e. The number of aliphatic hydroxyl groups excluding tert-OH is 1. The number of piperidine rings is 1. The summed E-state index contributed by atoms with van der Waals surface area (Å²) in [4.78, 5) is 24.3. The van der Waals surface area contributed by atoms with Gasteiger partial charge in [-0.25, -0.2) is 0 Å². The average Bonchev–Trinajstić information content (AvgIpc) is 2.67. The highest BCUT2D eigenvalue weighted by molar-refractivity contribution is 6.30. The number of nitrogens with zero attached hydrogens (tertiary/aromatic N) is 2. The molecule has 1 fully saturated rings. The van der Waals surface area contributed by atoms with Crippen LogP contribution in [-0.2, 0) is 0 Å². The fourth-order valence-electron chi connectivity index (χ4n) is 3.57. The van der Waals surface area contributed by atoms with Crippen molar-refractivity contribution in [1.29, 1.82) is 0 Å². The quantitative estimate of drug-likeness (QED) is 0.602. The molecule has 1 amide bonds. The van der Waals surface area contributed by atoms with Gasteiger partial charge in [-0.3, -0.25) is 14.9 Å². The van der Waals surface area contributed by atoms with Crippen LogP contribution in [0.2, 0.25) is 5.02 Å². The number of hydrogen-bond donors (Lipinski definition) is 2. The van der Waals surface area contributed by atoms with E-state index >= 15 is 0 Å². The first-order chi connectivity index (χ1) is 12.9. The molecule has 0 aromatic heterocycles. The van der Waals surface area contributed by atoms with Crippen LogP contribution in [0.3, 0.4) is 0 Å². The van der Waals surface area contributed by atoms with Crippen LogP contribution in [0.25, 0.3) is 0 Å². The summed E-state index contributed by atoms with van der Waals surface area (Å²) in [6.45, 7) is 1.08. The molecule has 2 aromatic rings. The fourth-order valence-corrected chi connectivity index (χ4v) is 3.69. The summed E-state index contributed by atoms with van der Waals surface area (Å²) in [5.74, 6) is -0.780. The van der Waals surface area contributed by atoms with Gasteiger partial charge in [0.25, 0.3) is 5.91 Å². The summed E-state index contributed by atoms with van der Waals surface area (Å²) in [7, 11) is 0. The highest BCUT2D eigenvalue weighted by atomic mass is 35.5. The molecule has 8 heteroatoms. The van der Waals surface area contributed by atoms with Crippen molar-refractivity contribution in [2.24, 2.45) is 11.7 Å². The van der Waals surface area contributed by atoms with Gasteiger partial charge in [0.2, 0.25) is 0 Å². The summed E-state index contributed by atoms with van der Waals surface area (Å²) in [6.07, 6.45) is 0.722. The molecule has 3 rings (SSSR count). The van der Waals surface area contributed by atoms with Crippen molar-refractivity contribution in [3.8, 4) is 0 Å². The number of primary amides is 1. The first kappa shape index (κ1) is 19.1. The number of halogens is 1. The number of amides is 1. The van der Waals surface area contributed by atoms with E-state index in [-0.39, 0.29) is 17.2 Å². The van der Waals surface area contributed by atoms with Crippen molar-refractivity contribution in [3.05, 3.63) is 68.7 Å². The highest BCUT2D eigenvalue weighted by Gasteiger charge is 2.31. The van der Waals surface area contributed by atoms with Gasteiger partial charge in [0, 0.05) is 18.1 Å². The second-order valence-electron chi connectivity index (χ2n) is 6.62. The highest BCUT2D eigenvalue weighted by Crippen LogP contribution is 2.37. The molecule has 0 aliphatic carbocycles. The lowest BCUT2D eigenvalue weighted by atomic mass is 9.87. The number of nitrogens with two attached hydrogens (primary N) is 1. The van der Waals surface area contributed by atoms with E-state index in [0.717, 1.165) is 5.56 Å². The number of carbonyl (C=O) groups is 1. The second-order valence-corrected chi connectivity index (χ2v) is 7.05. The maximum atomic E-state index is 11.5. The minimum atomic E-state index is -0.823. The van der Waals surface area contributed by atoms with E-state index in [4.69, 9.17) is 17.3 Å². The Morgan fingerprint density at radius 2 is 1.85 bits per heavy atom. The van der Waals surface area contributed by atoms with Gasteiger partial charge in [-0.1, -0.05) is 29.8 Å². The van der Waals surface area contributed by atoms with E-state index < -0.39 is 16.9 Å². The normalized spacial score (nSPS) is 16.1. The molecule has 0 spiro atoms. The van der Waals surface area contributed by atoms with Crippen LogP contribution in [-0.4, -0.2) is 29.0 Å². The number of nitro groups is 1. The molecule has 1 heterocycles. The smallest absolute Gasteiger partial charge is 0.305 e. The predicted octanol–water partition coefficient (Wildman–Crippen LogP) is 3.30. The van der Waals surface area contributed by atoms with Gasteiger partial charge in [-0.15, -0.1) is 0 Å². The molecular formula is C19H20ClN3O4. The third-order valence-corrected chi connectivity index (χ3v) is 5.25. The first-order valence-corrected chi connectivity index (χ1v) is 9.02. The van der Waals surface area contributed by atoms with E-state index in [1.54, 1.807) is 36.4 Å².